The van der Waals surface area contributed by atoms with Crippen LogP contribution in [0.25, 0.3) is 0 Å². The molecule has 0 aliphatic carbocycles. The summed E-state index contributed by atoms with van der Waals surface area (Å²) in [6.07, 6.45) is 0. The Labute approximate surface area is 190 Å². The van der Waals surface area contributed by atoms with Gasteiger partial charge in [-0.3, -0.25) is 0 Å². The van der Waals surface area contributed by atoms with Crippen molar-refractivity contribution in [2.45, 2.75) is 12.7 Å². The number of rotatable bonds is 5. The van der Waals surface area contributed by atoms with E-state index in [1.807, 2.05) is 24.3 Å². The van der Waals surface area contributed by atoms with Crippen LogP contribution in [-0.4, -0.2) is 17.5 Å². The van der Waals surface area contributed by atoms with Gasteiger partial charge in [0.05, 0.1) is 17.9 Å². The largest absolute Gasteiger partial charge is 0.484 e. The third-order valence-electron chi connectivity index (χ3n) is 2.73. The van der Waals surface area contributed by atoms with Crippen LogP contribution in [0.5, 0.6) is 11.5 Å². The van der Waals surface area contributed by atoms with Crippen LogP contribution in [0.15, 0.2) is 51.1 Å². The maximum atomic E-state index is 10.5. The summed E-state index contributed by atoms with van der Waals surface area (Å²) in [6.45, 7) is 1.47. The molecule has 2 aromatic rings. The van der Waals surface area contributed by atoms with Crippen molar-refractivity contribution in [1.29, 1.82) is 0 Å². The van der Waals surface area contributed by atoms with Crippen molar-refractivity contribution in [2.24, 2.45) is 0 Å². The molecule has 130 valence electrons. The highest BCUT2D eigenvalue weighted by Gasteiger charge is 2.27. The smallest absolute Gasteiger partial charge is 0.239 e. The first-order valence-corrected chi connectivity index (χ1v) is 11.2. The normalized spacial score (nSPS) is 13.5. The predicted octanol–water partition coefficient (Wildman–Crippen LogP) is 7.43. The average molecular weight is 718 g/mol. The zero-order valence-corrected chi connectivity index (χ0v) is 21.6. The zero-order valence-electron chi connectivity index (χ0n) is 12.0. The molecule has 2 aromatic carbocycles. The highest BCUT2D eigenvalue weighted by atomic mass is 79.9. The van der Waals surface area contributed by atoms with Gasteiger partial charge in [0, 0.05) is 15.9 Å². The van der Waals surface area contributed by atoms with E-state index in [-0.39, 0.29) is 6.61 Å². The molecule has 24 heavy (non-hydrogen) atoms. The summed E-state index contributed by atoms with van der Waals surface area (Å²) in [4.78, 5) is 0. The first-order valence-electron chi connectivity index (χ1n) is 6.42. The average Bonchev–Trinajstić information content (AvgIpc) is 2.41. The fourth-order valence-electron chi connectivity index (χ4n) is 1.75. The lowest BCUT2D eigenvalue weighted by Crippen LogP contribution is -2.39. The second-order valence-electron chi connectivity index (χ2n) is 4.96. The zero-order chi connectivity index (χ0) is 18.1. The van der Waals surface area contributed by atoms with Crippen LogP contribution in [0.3, 0.4) is 0 Å². The Morgan fingerprint density at radius 3 is 1.58 bits per heavy atom. The molecular weight excluding hydrogens is 708 g/mol. The summed E-state index contributed by atoms with van der Waals surface area (Å²) in [5.74, 6) is -0.470. The SMILES string of the molecule is CC(O)(COc1c(Br)cc(Br)cc1Br)Oc1c(Br)cc(Br)cc1Br. The van der Waals surface area contributed by atoms with Crippen LogP contribution in [0, 0.1) is 0 Å². The van der Waals surface area contributed by atoms with E-state index in [0.717, 1.165) is 17.9 Å². The van der Waals surface area contributed by atoms with Gasteiger partial charge in [0.1, 0.15) is 5.75 Å². The highest BCUT2D eigenvalue weighted by Crippen LogP contribution is 2.39. The van der Waals surface area contributed by atoms with Crippen molar-refractivity contribution in [3.05, 3.63) is 51.1 Å². The van der Waals surface area contributed by atoms with Gasteiger partial charge in [-0.25, -0.2) is 0 Å². The molecule has 0 aliphatic rings. The van der Waals surface area contributed by atoms with Gasteiger partial charge in [-0.1, -0.05) is 31.9 Å². The van der Waals surface area contributed by atoms with Crippen LogP contribution >= 0.6 is 95.6 Å². The van der Waals surface area contributed by atoms with E-state index in [1.165, 1.54) is 6.92 Å². The Kier molecular flexibility index (Phi) is 7.69. The summed E-state index contributed by atoms with van der Waals surface area (Å²) < 4.78 is 16.2. The fraction of sp³-hybridized carbons (Fsp3) is 0.200. The molecular formula is C15H10Br6O3. The molecule has 0 aromatic heterocycles. The van der Waals surface area contributed by atoms with E-state index in [2.05, 4.69) is 95.6 Å². The van der Waals surface area contributed by atoms with Crippen molar-refractivity contribution in [3.8, 4) is 11.5 Å². The van der Waals surface area contributed by atoms with Gasteiger partial charge in [-0.15, -0.1) is 0 Å². The molecule has 0 amide bonds. The summed E-state index contributed by atoms with van der Waals surface area (Å²) in [5.41, 5.74) is 0. The Bertz CT molecular complexity index is 717. The first-order chi connectivity index (χ1) is 11.1. The van der Waals surface area contributed by atoms with E-state index in [1.54, 1.807) is 0 Å². The highest BCUT2D eigenvalue weighted by molar-refractivity contribution is 9.12. The Hall–Kier alpha value is 0.880. The Morgan fingerprint density at radius 2 is 1.17 bits per heavy atom. The topological polar surface area (TPSA) is 38.7 Å². The standard InChI is InChI=1S/C15H10Br6O3/c1-15(22,24-14-11(20)4-8(17)5-12(14)21)6-23-13-9(18)2-7(16)3-10(13)19/h2-5,22H,6H2,1H3. The predicted molar refractivity (Wildman–Crippen MR) is 116 cm³/mol. The van der Waals surface area contributed by atoms with E-state index >= 15 is 0 Å². The third kappa shape index (κ3) is 5.69. The van der Waals surface area contributed by atoms with Crippen LogP contribution in [-0.2, 0) is 0 Å². The quantitative estimate of drug-likeness (QED) is 0.328. The molecule has 1 atom stereocenters. The van der Waals surface area contributed by atoms with E-state index in [0.29, 0.717) is 20.4 Å². The number of halogens is 6. The van der Waals surface area contributed by atoms with E-state index in [9.17, 15) is 5.11 Å². The molecule has 0 saturated carbocycles. The van der Waals surface area contributed by atoms with Crippen molar-refractivity contribution in [2.75, 3.05) is 6.61 Å². The number of aliphatic hydroxyl groups is 1. The summed E-state index contributed by atoms with van der Waals surface area (Å²) in [6, 6.07) is 7.38. The van der Waals surface area contributed by atoms with Gasteiger partial charge in [0.15, 0.2) is 12.4 Å². The molecule has 0 radical (unpaired) electrons. The summed E-state index contributed by atoms with van der Waals surface area (Å²) >= 11 is 20.5. The molecule has 1 N–H and O–H groups in total. The van der Waals surface area contributed by atoms with Crippen LogP contribution in [0.2, 0.25) is 0 Å². The molecule has 9 heteroatoms. The second-order valence-corrected chi connectivity index (χ2v) is 10.2. The van der Waals surface area contributed by atoms with E-state index < -0.39 is 5.79 Å². The van der Waals surface area contributed by atoms with Crippen molar-refractivity contribution in [3.63, 3.8) is 0 Å². The second kappa shape index (κ2) is 8.71. The monoisotopic (exact) mass is 712 g/mol. The van der Waals surface area contributed by atoms with Gasteiger partial charge in [-0.05, 0) is 88.0 Å². The van der Waals surface area contributed by atoms with E-state index in [4.69, 9.17) is 9.47 Å². The fourth-order valence-corrected chi connectivity index (χ4v) is 6.66. The number of hydrogen-bond acceptors (Lipinski definition) is 3. The van der Waals surface area contributed by atoms with Crippen LogP contribution in [0.1, 0.15) is 6.92 Å². The molecule has 0 fully saturated rings. The maximum Gasteiger partial charge on any atom is 0.239 e. The number of hydrogen-bond donors (Lipinski definition) is 1. The molecule has 0 spiro atoms. The van der Waals surface area contributed by atoms with Crippen LogP contribution < -0.4 is 9.47 Å². The summed E-state index contributed by atoms with van der Waals surface area (Å²) in [7, 11) is 0. The minimum atomic E-state index is -1.54. The van der Waals surface area contributed by atoms with Crippen LogP contribution in [0.4, 0.5) is 0 Å². The van der Waals surface area contributed by atoms with Gasteiger partial charge < -0.3 is 14.6 Å². The van der Waals surface area contributed by atoms with Crippen molar-refractivity contribution < 1.29 is 14.6 Å². The Morgan fingerprint density at radius 1 is 0.792 bits per heavy atom. The van der Waals surface area contributed by atoms with Crippen molar-refractivity contribution >= 4 is 95.6 Å². The first kappa shape index (κ1) is 21.2. The molecule has 0 aliphatic heterocycles. The lowest BCUT2D eigenvalue weighted by atomic mass is 10.3. The molecule has 3 nitrogen and oxygen atoms in total. The summed E-state index contributed by atoms with van der Waals surface area (Å²) in [5, 5.41) is 10.5. The lowest BCUT2D eigenvalue weighted by molar-refractivity contribution is -0.145. The maximum absolute atomic E-state index is 10.5. The molecule has 0 bridgehead atoms. The number of ether oxygens (including phenoxy) is 2. The molecule has 0 saturated heterocycles. The minimum Gasteiger partial charge on any atom is -0.484 e. The van der Waals surface area contributed by atoms with Gasteiger partial charge >= 0.3 is 0 Å². The van der Waals surface area contributed by atoms with Crippen molar-refractivity contribution in [1.82, 2.24) is 0 Å². The minimum absolute atomic E-state index is 0.0687. The lowest BCUT2D eigenvalue weighted by Gasteiger charge is -2.26. The van der Waals surface area contributed by atoms with Gasteiger partial charge in [0.2, 0.25) is 5.79 Å². The molecule has 1 unspecified atom stereocenters. The van der Waals surface area contributed by atoms with Gasteiger partial charge in [-0.2, -0.15) is 0 Å². The third-order valence-corrected chi connectivity index (χ3v) is 6.00. The molecule has 2 rings (SSSR count). The molecule has 0 heterocycles. The van der Waals surface area contributed by atoms with Gasteiger partial charge in [0.25, 0.3) is 0 Å². The number of benzene rings is 2. The Balaban J connectivity index is 2.15.